The summed E-state index contributed by atoms with van der Waals surface area (Å²) in [6.07, 6.45) is 0. The van der Waals surface area contributed by atoms with Gasteiger partial charge in [0, 0.05) is 20.2 Å². The molecule has 0 saturated carbocycles. The Morgan fingerprint density at radius 1 is 1.36 bits per heavy atom. The van der Waals surface area contributed by atoms with E-state index in [9.17, 15) is 9.18 Å². The molecule has 25 heavy (non-hydrogen) atoms. The number of benzene rings is 1. The van der Waals surface area contributed by atoms with E-state index in [0.717, 1.165) is 0 Å². The summed E-state index contributed by atoms with van der Waals surface area (Å²) in [6, 6.07) is 6.49. The first kappa shape index (κ1) is 19.4. The number of ether oxygens (including phenoxy) is 1. The summed E-state index contributed by atoms with van der Waals surface area (Å²) in [5, 5.41) is 11.7. The zero-order chi connectivity index (χ0) is 18.2. The third-order valence-electron chi connectivity index (χ3n) is 3.34. The van der Waals surface area contributed by atoms with Gasteiger partial charge in [-0.25, -0.2) is 4.39 Å². The molecule has 0 atom stereocenters. The Hall–Kier alpha value is -1.93. The molecule has 0 aliphatic carbocycles. The summed E-state index contributed by atoms with van der Waals surface area (Å²) in [5.74, 6) is 0.588. The van der Waals surface area contributed by atoms with Crippen molar-refractivity contribution < 1.29 is 13.9 Å². The van der Waals surface area contributed by atoms with Gasteiger partial charge < -0.3 is 14.6 Å². The lowest BCUT2D eigenvalue weighted by Crippen LogP contribution is -2.28. The van der Waals surface area contributed by atoms with Crippen LogP contribution in [0.15, 0.2) is 29.4 Å². The van der Waals surface area contributed by atoms with Crippen LogP contribution in [0.1, 0.15) is 13.8 Å². The summed E-state index contributed by atoms with van der Waals surface area (Å²) in [5.41, 5.74) is 0.409. The highest BCUT2D eigenvalue weighted by Gasteiger charge is 2.18. The molecule has 136 valence electrons. The number of hydrogen-bond donors (Lipinski definition) is 1. The molecule has 1 aromatic heterocycles. The molecule has 1 N–H and O–H groups in total. The fourth-order valence-electron chi connectivity index (χ4n) is 2.24. The standard InChI is InChI=1S/C17H23FN4O2S/c1-12(2)10-22-16(13-6-4-5-7-14(13)18)20-21-17(22)25-11-15(23)19-8-9-24-3/h4-7,12H,8-11H2,1-3H3,(H,19,23). The van der Waals surface area contributed by atoms with E-state index in [1.54, 1.807) is 25.3 Å². The zero-order valence-corrected chi connectivity index (χ0v) is 15.5. The van der Waals surface area contributed by atoms with Crippen molar-refractivity contribution in [2.24, 2.45) is 5.92 Å². The van der Waals surface area contributed by atoms with Crippen LogP contribution in [-0.2, 0) is 16.1 Å². The largest absolute Gasteiger partial charge is 0.383 e. The molecule has 8 heteroatoms. The van der Waals surface area contributed by atoms with Crippen LogP contribution in [0.4, 0.5) is 4.39 Å². The maximum atomic E-state index is 14.1. The number of nitrogens with zero attached hydrogens (tertiary/aromatic N) is 3. The van der Waals surface area contributed by atoms with Crippen molar-refractivity contribution in [2.75, 3.05) is 26.0 Å². The molecule has 0 saturated heterocycles. The molecule has 0 aliphatic heterocycles. The smallest absolute Gasteiger partial charge is 0.230 e. The number of nitrogens with one attached hydrogen (secondary N) is 1. The first-order valence-electron chi connectivity index (χ1n) is 8.09. The minimum absolute atomic E-state index is 0.103. The number of rotatable bonds is 9. The number of methoxy groups -OCH3 is 1. The van der Waals surface area contributed by atoms with Crippen molar-refractivity contribution in [2.45, 2.75) is 25.5 Å². The maximum absolute atomic E-state index is 14.1. The summed E-state index contributed by atoms with van der Waals surface area (Å²) in [4.78, 5) is 11.9. The molecule has 2 rings (SSSR count). The number of halogens is 1. The van der Waals surface area contributed by atoms with Crippen molar-refractivity contribution in [3.05, 3.63) is 30.1 Å². The molecular weight excluding hydrogens is 343 g/mol. The van der Waals surface area contributed by atoms with E-state index in [2.05, 4.69) is 29.4 Å². The molecule has 2 aromatic rings. The minimum atomic E-state index is -0.339. The van der Waals surface area contributed by atoms with Crippen LogP contribution < -0.4 is 5.32 Å². The van der Waals surface area contributed by atoms with Crippen molar-refractivity contribution in [3.8, 4) is 11.4 Å². The molecule has 0 unspecified atom stereocenters. The van der Waals surface area contributed by atoms with E-state index in [4.69, 9.17) is 4.74 Å². The normalized spacial score (nSPS) is 11.1. The Morgan fingerprint density at radius 3 is 2.80 bits per heavy atom. The van der Waals surface area contributed by atoms with Crippen LogP contribution in [0.3, 0.4) is 0 Å². The first-order valence-corrected chi connectivity index (χ1v) is 9.08. The lowest BCUT2D eigenvalue weighted by atomic mass is 10.2. The van der Waals surface area contributed by atoms with Crippen LogP contribution in [0.5, 0.6) is 0 Å². The van der Waals surface area contributed by atoms with Gasteiger partial charge in [-0.3, -0.25) is 4.79 Å². The number of hydrogen-bond acceptors (Lipinski definition) is 5. The molecule has 0 aliphatic rings. The molecule has 1 heterocycles. The van der Waals surface area contributed by atoms with Crippen molar-refractivity contribution >= 4 is 17.7 Å². The Kier molecular flexibility index (Phi) is 7.39. The van der Waals surface area contributed by atoms with Crippen molar-refractivity contribution in [1.82, 2.24) is 20.1 Å². The van der Waals surface area contributed by atoms with Gasteiger partial charge in [0.1, 0.15) is 5.82 Å². The highest BCUT2D eigenvalue weighted by atomic mass is 32.2. The molecular formula is C17H23FN4O2S. The van der Waals surface area contributed by atoms with Crippen LogP contribution >= 0.6 is 11.8 Å². The predicted molar refractivity (Wildman–Crippen MR) is 95.9 cm³/mol. The van der Waals surface area contributed by atoms with Gasteiger partial charge in [-0.1, -0.05) is 37.7 Å². The minimum Gasteiger partial charge on any atom is -0.383 e. The average Bonchev–Trinajstić information content (AvgIpc) is 2.95. The Labute approximate surface area is 151 Å². The summed E-state index contributed by atoms with van der Waals surface area (Å²) in [7, 11) is 1.58. The maximum Gasteiger partial charge on any atom is 0.230 e. The fourth-order valence-corrected chi connectivity index (χ4v) is 3.02. The SMILES string of the molecule is COCCNC(=O)CSc1nnc(-c2ccccc2F)n1CC(C)C. The van der Waals surface area contributed by atoms with E-state index in [1.165, 1.54) is 17.8 Å². The zero-order valence-electron chi connectivity index (χ0n) is 14.7. The van der Waals surface area contributed by atoms with Gasteiger partial charge in [0.2, 0.25) is 5.91 Å². The van der Waals surface area contributed by atoms with Gasteiger partial charge in [-0.15, -0.1) is 10.2 Å². The van der Waals surface area contributed by atoms with E-state index in [0.29, 0.717) is 42.2 Å². The summed E-state index contributed by atoms with van der Waals surface area (Å²) < 4.78 is 20.9. The summed E-state index contributed by atoms with van der Waals surface area (Å²) >= 11 is 1.29. The molecule has 1 amide bonds. The van der Waals surface area contributed by atoms with Crippen LogP contribution in [0, 0.1) is 11.7 Å². The van der Waals surface area contributed by atoms with Crippen LogP contribution in [-0.4, -0.2) is 46.7 Å². The second kappa shape index (κ2) is 9.53. The first-order chi connectivity index (χ1) is 12.0. The molecule has 0 bridgehead atoms. The van der Waals surface area contributed by atoms with Crippen molar-refractivity contribution in [1.29, 1.82) is 0 Å². The second-order valence-electron chi connectivity index (χ2n) is 5.92. The Balaban J connectivity index is 2.16. The van der Waals surface area contributed by atoms with Crippen LogP contribution in [0.2, 0.25) is 0 Å². The van der Waals surface area contributed by atoms with Gasteiger partial charge in [0.05, 0.1) is 17.9 Å². The Morgan fingerprint density at radius 2 is 2.12 bits per heavy atom. The molecule has 1 aromatic carbocycles. The van der Waals surface area contributed by atoms with E-state index >= 15 is 0 Å². The van der Waals surface area contributed by atoms with Crippen LogP contribution in [0.25, 0.3) is 11.4 Å². The fraction of sp³-hybridized carbons (Fsp3) is 0.471. The van der Waals surface area contributed by atoms with Gasteiger partial charge in [-0.05, 0) is 18.1 Å². The van der Waals surface area contributed by atoms with Gasteiger partial charge in [0.25, 0.3) is 0 Å². The number of aromatic nitrogens is 3. The monoisotopic (exact) mass is 366 g/mol. The quantitative estimate of drug-likeness (QED) is 0.546. The lowest BCUT2D eigenvalue weighted by molar-refractivity contribution is -0.118. The van der Waals surface area contributed by atoms with E-state index < -0.39 is 0 Å². The average molecular weight is 366 g/mol. The molecule has 0 radical (unpaired) electrons. The lowest BCUT2D eigenvalue weighted by Gasteiger charge is -2.13. The van der Waals surface area contributed by atoms with Gasteiger partial charge in [0.15, 0.2) is 11.0 Å². The van der Waals surface area contributed by atoms with E-state index in [-0.39, 0.29) is 17.5 Å². The number of amides is 1. The third-order valence-corrected chi connectivity index (χ3v) is 4.31. The highest BCUT2D eigenvalue weighted by molar-refractivity contribution is 7.99. The molecule has 0 spiro atoms. The highest BCUT2D eigenvalue weighted by Crippen LogP contribution is 2.26. The Bertz CT molecular complexity index is 706. The van der Waals surface area contributed by atoms with E-state index in [1.807, 2.05) is 4.57 Å². The molecule has 6 nitrogen and oxygen atoms in total. The van der Waals surface area contributed by atoms with Gasteiger partial charge >= 0.3 is 0 Å². The number of carbonyl (C=O) groups excluding carboxylic acids is 1. The van der Waals surface area contributed by atoms with Gasteiger partial charge in [-0.2, -0.15) is 0 Å². The second-order valence-corrected chi connectivity index (χ2v) is 6.86. The summed E-state index contributed by atoms with van der Waals surface area (Å²) in [6.45, 7) is 5.71. The predicted octanol–water partition coefficient (Wildman–Crippen LogP) is 2.59. The number of carbonyl (C=O) groups is 1. The van der Waals surface area contributed by atoms with Crippen molar-refractivity contribution in [3.63, 3.8) is 0 Å². The molecule has 0 fully saturated rings. The number of thioether (sulfide) groups is 1. The third kappa shape index (κ3) is 5.54. The topological polar surface area (TPSA) is 69.0 Å².